The maximum atomic E-state index is 12.1. The molecule has 1 unspecified atom stereocenters. The summed E-state index contributed by atoms with van der Waals surface area (Å²) in [6.45, 7) is 5.57. The van der Waals surface area contributed by atoms with E-state index in [1.807, 2.05) is 6.92 Å². The van der Waals surface area contributed by atoms with Crippen LogP contribution >= 0.6 is 0 Å². The fraction of sp³-hybridized carbons (Fsp3) is 1.00. The molecular formula is C12H26O4S2. The lowest BCUT2D eigenvalue weighted by atomic mass is 10.2. The van der Waals surface area contributed by atoms with Crippen LogP contribution in [0.5, 0.6) is 0 Å². The number of hydrogen-bond donors (Lipinski definition) is 0. The third-order valence-corrected chi connectivity index (χ3v) is 7.38. The molecule has 0 radical (unpaired) electrons. The summed E-state index contributed by atoms with van der Waals surface area (Å²) in [5.41, 5.74) is 0. The number of unbranched alkanes of at least 4 members (excludes halogenated alkanes) is 1. The molecule has 0 aromatic rings. The summed E-state index contributed by atoms with van der Waals surface area (Å²) in [4.78, 5) is 0. The van der Waals surface area contributed by atoms with Crippen molar-refractivity contribution < 1.29 is 16.8 Å². The van der Waals surface area contributed by atoms with Gasteiger partial charge in [0.25, 0.3) is 0 Å². The van der Waals surface area contributed by atoms with Crippen LogP contribution in [0.2, 0.25) is 0 Å². The van der Waals surface area contributed by atoms with E-state index < -0.39 is 24.9 Å². The Hall–Kier alpha value is -0.100. The van der Waals surface area contributed by atoms with Crippen LogP contribution in [0.3, 0.4) is 0 Å². The predicted molar refractivity (Wildman–Crippen MR) is 76.3 cm³/mol. The van der Waals surface area contributed by atoms with E-state index in [2.05, 4.69) is 0 Å². The highest BCUT2D eigenvalue weighted by Crippen LogP contribution is 2.15. The lowest BCUT2D eigenvalue weighted by Gasteiger charge is -2.17. The van der Waals surface area contributed by atoms with E-state index >= 15 is 0 Å². The Morgan fingerprint density at radius 3 is 1.83 bits per heavy atom. The van der Waals surface area contributed by atoms with Crippen LogP contribution in [0.4, 0.5) is 0 Å². The molecule has 0 heterocycles. The van der Waals surface area contributed by atoms with Crippen molar-refractivity contribution in [3.63, 3.8) is 0 Å². The molecule has 0 amide bonds. The average Bonchev–Trinajstić information content (AvgIpc) is 2.23. The van der Waals surface area contributed by atoms with Crippen LogP contribution in [-0.2, 0) is 19.7 Å². The van der Waals surface area contributed by atoms with E-state index in [-0.39, 0.29) is 17.3 Å². The maximum Gasteiger partial charge on any atom is 0.154 e. The van der Waals surface area contributed by atoms with Gasteiger partial charge in [-0.25, -0.2) is 16.8 Å². The minimum absolute atomic E-state index is 0.0806. The van der Waals surface area contributed by atoms with Gasteiger partial charge in [-0.15, -0.1) is 0 Å². The molecule has 6 heteroatoms. The molecule has 18 heavy (non-hydrogen) atoms. The van der Waals surface area contributed by atoms with Crippen molar-refractivity contribution in [3.8, 4) is 0 Å². The van der Waals surface area contributed by atoms with Gasteiger partial charge in [0.05, 0.1) is 16.8 Å². The molecule has 0 N–H and O–H groups in total. The summed E-state index contributed by atoms with van der Waals surface area (Å²) < 4.78 is 47.7. The molecule has 0 aliphatic rings. The predicted octanol–water partition coefficient (Wildman–Crippen LogP) is 2.19. The van der Waals surface area contributed by atoms with E-state index in [1.165, 1.54) is 0 Å². The molecule has 110 valence electrons. The molecular weight excluding hydrogens is 272 g/mol. The van der Waals surface area contributed by atoms with Crippen molar-refractivity contribution in [1.29, 1.82) is 0 Å². The maximum absolute atomic E-state index is 12.1. The molecule has 0 fully saturated rings. The number of sulfone groups is 2. The fourth-order valence-electron chi connectivity index (χ4n) is 1.93. The van der Waals surface area contributed by atoms with Gasteiger partial charge in [0.1, 0.15) is 0 Å². The van der Waals surface area contributed by atoms with Gasteiger partial charge in [0.2, 0.25) is 0 Å². The van der Waals surface area contributed by atoms with E-state index in [9.17, 15) is 16.8 Å². The van der Waals surface area contributed by atoms with Crippen LogP contribution in [0.1, 0.15) is 52.9 Å². The first kappa shape index (κ1) is 17.9. The van der Waals surface area contributed by atoms with Gasteiger partial charge in [-0.05, 0) is 19.3 Å². The van der Waals surface area contributed by atoms with Gasteiger partial charge in [-0.2, -0.15) is 0 Å². The first-order valence-corrected chi connectivity index (χ1v) is 10.2. The Morgan fingerprint density at radius 1 is 0.833 bits per heavy atom. The molecule has 0 spiro atoms. The zero-order valence-electron chi connectivity index (χ0n) is 11.7. The molecule has 4 nitrogen and oxygen atoms in total. The van der Waals surface area contributed by atoms with Gasteiger partial charge in [-0.3, -0.25) is 0 Å². The Bertz CT molecular complexity index is 409. The van der Waals surface area contributed by atoms with Gasteiger partial charge < -0.3 is 0 Å². The van der Waals surface area contributed by atoms with E-state index in [4.69, 9.17) is 0 Å². The molecule has 0 rings (SSSR count). The van der Waals surface area contributed by atoms with Crippen molar-refractivity contribution in [2.24, 2.45) is 0 Å². The molecule has 1 atom stereocenters. The highest BCUT2D eigenvalue weighted by molar-refractivity contribution is 7.95. The Morgan fingerprint density at radius 2 is 1.39 bits per heavy atom. The quantitative estimate of drug-likeness (QED) is 0.620. The SMILES string of the molecule is CCCCC(CS(=O)(=O)CCC)S(=O)(=O)CCC. The third-order valence-electron chi connectivity index (χ3n) is 2.83. The fourth-order valence-corrected chi connectivity index (χ4v) is 6.33. The molecule has 0 bridgehead atoms. The Kier molecular flexibility index (Phi) is 8.10. The van der Waals surface area contributed by atoms with Crippen LogP contribution < -0.4 is 0 Å². The van der Waals surface area contributed by atoms with Crippen molar-refractivity contribution in [2.75, 3.05) is 17.3 Å². The monoisotopic (exact) mass is 298 g/mol. The summed E-state index contributed by atoms with van der Waals surface area (Å²) in [5.74, 6) is -0.0382. The smallest absolute Gasteiger partial charge is 0.154 e. The Labute approximate surface area is 112 Å². The second kappa shape index (κ2) is 8.15. The summed E-state index contributed by atoms with van der Waals surface area (Å²) >= 11 is 0. The normalized spacial score (nSPS) is 14.6. The van der Waals surface area contributed by atoms with E-state index in [0.29, 0.717) is 19.3 Å². The van der Waals surface area contributed by atoms with Gasteiger partial charge >= 0.3 is 0 Å². The van der Waals surface area contributed by atoms with E-state index in [0.717, 1.165) is 12.8 Å². The lowest BCUT2D eigenvalue weighted by Crippen LogP contribution is -2.32. The summed E-state index contributed by atoms with van der Waals surface area (Å²) in [6.07, 6.45) is 3.18. The second-order valence-corrected chi connectivity index (χ2v) is 9.37. The lowest BCUT2D eigenvalue weighted by molar-refractivity contribution is 0.560. The first-order valence-electron chi connectivity index (χ1n) is 6.71. The minimum Gasteiger partial charge on any atom is -0.229 e. The van der Waals surface area contributed by atoms with Crippen LogP contribution in [0.25, 0.3) is 0 Å². The topological polar surface area (TPSA) is 68.3 Å². The molecule has 0 aliphatic carbocycles. The van der Waals surface area contributed by atoms with Crippen LogP contribution in [0, 0.1) is 0 Å². The highest BCUT2D eigenvalue weighted by atomic mass is 32.2. The minimum atomic E-state index is -3.28. The Balaban J connectivity index is 4.90. The van der Waals surface area contributed by atoms with Gasteiger partial charge in [0, 0.05) is 5.75 Å². The second-order valence-electron chi connectivity index (χ2n) is 4.75. The van der Waals surface area contributed by atoms with Crippen molar-refractivity contribution in [3.05, 3.63) is 0 Å². The third kappa shape index (κ3) is 6.73. The largest absolute Gasteiger partial charge is 0.229 e. The summed E-state index contributed by atoms with van der Waals surface area (Å²) in [5, 5.41) is -0.714. The standard InChI is InChI=1S/C12H26O4S2/c1-4-7-8-12(18(15,16)10-6-3)11-17(13,14)9-5-2/h12H,4-11H2,1-3H3. The van der Waals surface area contributed by atoms with E-state index in [1.54, 1.807) is 13.8 Å². The zero-order chi connectivity index (χ0) is 14.2. The summed E-state index contributed by atoms with van der Waals surface area (Å²) in [6, 6.07) is 0. The number of rotatable bonds is 10. The van der Waals surface area contributed by atoms with Crippen molar-refractivity contribution in [1.82, 2.24) is 0 Å². The summed E-state index contributed by atoms with van der Waals surface area (Å²) in [7, 11) is -6.52. The van der Waals surface area contributed by atoms with Crippen molar-refractivity contribution in [2.45, 2.75) is 58.1 Å². The van der Waals surface area contributed by atoms with Gasteiger partial charge in [-0.1, -0.05) is 33.6 Å². The highest BCUT2D eigenvalue weighted by Gasteiger charge is 2.29. The zero-order valence-corrected chi connectivity index (χ0v) is 13.3. The first-order chi connectivity index (χ1) is 8.29. The molecule has 0 saturated carbocycles. The van der Waals surface area contributed by atoms with Crippen LogP contribution in [-0.4, -0.2) is 39.3 Å². The molecule has 0 aromatic heterocycles. The number of hydrogen-bond acceptors (Lipinski definition) is 4. The molecule has 0 aliphatic heterocycles. The molecule has 0 saturated heterocycles. The average molecular weight is 298 g/mol. The molecule has 0 aromatic carbocycles. The van der Waals surface area contributed by atoms with Crippen LogP contribution in [0.15, 0.2) is 0 Å². The van der Waals surface area contributed by atoms with Gasteiger partial charge in [0.15, 0.2) is 19.7 Å². The van der Waals surface area contributed by atoms with Crippen molar-refractivity contribution >= 4 is 19.7 Å².